The monoisotopic (exact) mass is 365 g/mol. The molecule has 6 nitrogen and oxygen atoms in total. The number of aromatic nitrogens is 1. The smallest absolute Gasteiger partial charge is 0.256 e. The van der Waals surface area contributed by atoms with E-state index < -0.39 is 11.7 Å². The molecule has 0 saturated carbocycles. The molecule has 2 aromatic carbocycles. The molecule has 3 rings (SSSR count). The number of nitrogens with zero attached hydrogens (tertiary/aromatic N) is 1. The van der Waals surface area contributed by atoms with E-state index in [9.17, 15) is 14.0 Å². The number of rotatable bonds is 5. The van der Waals surface area contributed by atoms with E-state index in [1.807, 2.05) is 0 Å². The number of pyridine rings is 1. The molecule has 0 atom stereocenters. The minimum atomic E-state index is -0.489. The molecule has 3 aromatic rings. The van der Waals surface area contributed by atoms with Crippen LogP contribution in [0.4, 0.5) is 15.9 Å². The molecule has 0 bridgehead atoms. The van der Waals surface area contributed by atoms with Gasteiger partial charge in [-0.2, -0.15) is 0 Å². The van der Waals surface area contributed by atoms with E-state index >= 15 is 0 Å². The minimum Gasteiger partial charge on any atom is -0.497 e. The summed E-state index contributed by atoms with van der Waals surface area (Å²) >= 11 is 0. The highest BCUT2D eigenvalue weighted by Crippen LogP contribution is 2.15. The number of anilines is 2. The van der Waals surface area contributed by atoms with Gasteiger partial charge in [-0.25, -0.2) is 9.37 Å². The average Bonchev–Trinajstić information content (AvgIpc) is 2.69. The van der Waals surface area contributed by atoms with E-state index in [0.717, 1.165) is 6.07 Å². The van der Waals surface area contributed by atoms with Crippen LogP contribution in [0.1, 0.15) is 20.7 Å². The maximum Gasteiger partial charge on any atom is 0.256 e. The number of benzene rings is 2. The fourth-order valence-corrected chi connectivity index (χ4v) is 2.31. The largest absolute Gasteiger partial charge is 0.497 e. The molecule has 0 fully saturated rings. The van der Waals surface area contributed by atoms with Crippen LogP contribution < -0.4 is 15.4 Å². The van der Waals surface area contributed by atoms with Gasteiger partial charge < -0.3 is 15.4 Å². The summed E-state index contributed by atoms with van der Waals surface area (Å²) in [5.74, 6) is -0.270. The standard InChI is InChI=1S/C20H16FN3O3/c1-27-17-8-5-13(6-9-17)19(25)24-18-10-7-16(12-22-18)23-20(26)14-3-2-4-15(21)11-14/h2-12H,1H3,(H,23,26)(H,22,24,25). The van der Waals surface area contributed by atoms with Crippen LogP contribution in [0.25, 0.3) is 0 Å². The summed E-state index contributed by atoms with van der Waals surface area (Å²) in [7, 11) is 1.55. The molecule has 2 amide bonds. The molecule has 0 radical (unpaired) electrons. The molecular weight excluding hydrogens is 349 g/mol. The first-order chi connectivity index (χ1) is 13.0. The van der Waals surface area contributed by atoms with Gasteiger partial charge in [-0.15, -0.1) is 0 Å². The Kier molecular flexibility index (Phi) is 5.41. The zero-order chi connectivity index (χ0) is 19.2. The van der Waals surface area contributed by atoms with Crippen LogP contribution in [-0.2, 0) is 0 Å². The van der Waals surface area contributed by atoms with Gasteiger partial charge in [0.2, 0.25) is 0 Å². The number of halogens is 1. The Morgan fingerprint density at radius 1 is 0.926 bits per heavy atom. The van der Waals surface area contributed by atoms with Gasteiger partial charge in [0.1, 0.15) is 17.4 Å². The molecule has 7 heteroatoms. The summed E-state index contributed by atoms with van der Waals surface area (Å²) in [4.78, 5) is 28.4. The van der Waals surface area contributed by atoms with Crippen LogP contribution in [0, 0.1) is 5.82 Å². The van der Waals surface area contributed by atoms with Crippen molar-refractivity contribution in [3.63, 3.8) is 0 Å². The predicted octanol–water partition coefficient (Wildman–Crippen LogP) is 3.73. The molecule has 1 aromatic heterocycles. The topological polar surface area (TPSA) is 80.3 Å². The van der Waals surface area contributed by atoms with E-state index in [-0.39, 0.29) is 11.5 Å². The number of ether oxygens (including phenoxy) is 1. The van der Waals surface area contributed by atoms with Crippen LogP contribution >= 0.6 is 0 Å². The van der Waals surface area contributed by atoms with Crippen molar-refractivity contribution in [3.05, 3.63) is 83.8 Å². The molecule has 0 saturated heterocycles. The molecule has 0 spiro atoms. The number of carbonyl (C=O) groups is 2. The van der Waals surface area contributed by atoms with Crippen molar-refractivity contribution in [2.75, 3.05) is 17.7 Å². The molecule has 2 N–H and O–H groups in total. The van der Waals surface area contributed by atoms with Crippen LogP contribution in [0.15, 0.2) is 66.9 Å². The first-order valence-electron chi connectivity index (χ1n) is 8.03. The van der Waals surface area contributed by atoms with Crippen LogP contribution in [-0.4, -0.2) is 23.9 Å². The molecular formula is C20H16FN3O3. The van der Waals surface area contributed by atoms with Gasteiger partial charge in [0, 0.05) is 11.1 Å². The lowest BCUT2D eigenvalue weighted by Gasteiger charge is -2.08. The predicted molar refractivity (Wildman–Crippen MR) is 99.5 cm³/mol. The van der Waals surface area contributed by atoms with Gasteiger partial charge in [0.05, 0.1) is 19.0 Å². The molecule has 27 heavy (non-hydrogen) atoms. The van der Waals surface area contributed by atoms with Crippen molar-refractivity contribution in [2.24, 2.45) is 0 Å². The van der Waals surface area contributed by atoms with Gasteiger partial charge in [-0.3, -0.25) is 9.59 Å². The normalized spacial score (nSPS) is 10.1. The molecule has 0 aliphatic heterocycles. The third-order valence-electron chi connectivity index (χ3n) is 3.70. The molecule has 0 unspecified atom stereocenters. The summed E-state index contributed by atoms with van der Waals surface area (Å²) in [6.45, 7) is 0. The SMILES string of the molecule is COc1ccc(C(=O)Nc2ccc(NC(=O)c3cccc(F)c3)cn2)cc1. The Hall–Kier alpha value is -3.74. The van der Waals surface area contributed by atoms with Crippen molar-refractivity contribution in [1.82, 2.24) is 4.98 Å². The van der Waals surface area contributed by atoms with Crippen molar-refractivity contribution in [2.45, 2.75) is 0 Å². The molecule has 136 valence electrons. The molecule has 1 heterocycles. The van der Waals surface area contributed by atoms with E-state index in [2.05, 4.69) is 15.6 Å². The van der Waals surface area contributed by atoms with Crippen LogP contribution in [0.3, 0.4) is 0 Å². The van der Waals surface area contributed by atoms with Crippen molar-refractivity contribution >= 4 is 23.3 Å². The maximum atomic E-state index is 13.2. The van der Waals surface area contributed by atoms with Crippen molar-refractivity contribution in [3.8, 4) is 5.75 Å². The van der Waals surface area contributed by atoms with E-state index in [0.29, 0.717) is 22.8 Å². The number of nitrogens with one attached hydrogen (secondary N) is 2. The number of methoxy groups -OCH3 is 1. The summed E-state index contributed by atoms with van der Waals surface area (Å²) in [5.41, 5.74) is 1.08. The van der Waals surface area contributed by atoms with Gasteiger partial charge in [0.25, 0.3) is 11.8 Å². The van der Waals surface area contributed by atoms with E-state index in [4.69, 9.17) is 4.74 Å². The minimum absolute atomic E-state index is 0.201. The third-order valence-corrected chi connectivity index (χ3v) is 3.70. The lowest BCUT2D eigenvalue weighted by Crippen LogP contribution is -2.14. The first-order valence-corrected chi connectivity index (χ1v) is 8.03. The fraction of sp³-hybridized carbons (Fsp3) is 0.0500. The quantitative estimate of drug-likeness (QED) is 0.722. The second kappa shape index (κ2) is 8.09. The van der Waals surface area contributed by atoms with Crippen molar-refractivity contribution < 1.29 is 18.7 Å². The van der Waals surface area contributed by atoms with Gasteiger partial charge in [-0.05, 0) is 54.6 Å². The summed E-state index contributed by atoms with van der Waals surface area (Å²) in [5, 5.41) is 5.28. The van der Waals surface area contributed by atoms with E-state index in [1.54, 1.807) is 43.5 Å². The van der Waals surface area contributed by atoms with Gasteiger partial charge in [-0.1, -0.05) is 6.07 Å². The van der Waals surface area contributed by atoms with Crippen LogP contribution in [0.5, 0.6) is 5.75 Å². The lowest BCUT2D eigenvalue weighted by molar-refractivity contribution is 0.101. The van der Waals surface area contributed by atoms with Crippen LogP contribution in [0.2, 0.25) is 0 Å². The lowest BCUT2D eigenvalue weighted by atomic mass is 10.2. The second-order valence-electron chi connectivity index (χ2n) is 5.58. The zero-order valence-corrected chi connectivity index (χ0v) is 14.4. The fourth-order valence-electron chi connectivity index (χ4n) is 2.31. The Balaban J connectivity index is 1.62. The number of carbonyl (C=O) groups excluding carboxylic acids is 2. The average molecular weight is 365 g/mol. The molecule has 0 aliphatic rings. The summed E-state index contributed by atoms with van der Waals surface area (Å²) < 4.78 is 18.2. The zero-order valence-electron chi connectivity index (χ0n) is 14.4. The number of hydrogen-bond acceptors (Lipinski definition) is 4. The third kappa shape index (κ3) is 4.66. The second-order valence-corrected chi connectivity index (χ2v) is 5.58. The Bertz CT molecular complexity index is 957. The summed E-state index contributed by atoms with van der Waals surface area (Å²) in [6.07, 6.45) is 1.40. The Labute approximate surface area is 155 Å². The highest BCUT2D eigenvalue weighted by Gasteiger charge is 2.09. The van der Waals surface area contributed by atoms with Gasteiger partial charge in [0.15, 0.2) is 0 Å². The Morgan fingerprint density at radius 3 is 2.30 bits per heavy atom. The van der Waals surface area contributed by atoms with Crippen molar-refractivity contribution in [1.29, 1.82) is 0 Å². The highest BCUT2D eigenvalue weighted by molar-refractivity contribution is 6.05. The highest BCUT2D eigenvalue weighted by atomic mass is 19.1. The maximum absolute atomic E-state index is 13.2. The number of amides is 2. The number of hydrogen-bond donors (Lipinski definition) is 2. The molecule has 0 aliphatic carbocycles. The van der Waals surface area contributed by atoms with E-state index in [1.165, 1.54) is 24.4 Å². The summed E-state index contributed by atoms with van der Waals surface area (Å²) in [6, 6.07) is 15.2. The first kappa shape index (κ1) is 18.1. The van der Waals surface area contributed by atoms with Gasteiger partial charge >= 0.3 is 0 Å². The Morgan fingerprint density at radius 2 is 1.67 bits per heavy atom.